The van der Waals surface area contributed by atoms with Gasteiger partial charge in [0.2, 0.25) is 0 Å². The maximum absolute atomic E-state index is 10.7. The van der Waals surface area contributed by atoms with Gasteiger partial charge >= 0.3 is 35.8 Å². The zero-order valence-electron chi connectivity index (χ0n) is 65.3. The quantitative estimate of drug-likeness (QED) is 0.0142. The number of aliphatic carboxylic acids is 6. The van der Waals surface area contributed by atoms with E-state index in [2.05, 4.69) is 0 Å². The number of benzene rings is 6. The van der Waals surface area contributed by atoms with Gasteiger partial charge < -0.3 is 127 Å². The Bertz CT molecular complexity index is 3590. The third kappa shape index (κ3) is 39.8. The van der Waals surface area contributed by atoms with Gasteiger partial charge in [-0.1, -0.05) is 129 Å². The standard InChI is InChI=1S/C16H23NO4.C15H21NO4.C14H19NO4.C13H17NO5.C13H17NO4S.C13H17NO4.CH4/c17-14(16(18)19)11-13-7-5-12(6-8-13)3-1-2-4-15-20-9-10-21-15;16-13(15(17)18)10-12-6-4-11(5-7-12)2-1-3-14-19-8-9-20-14;15-12(14(16)17)9-11-3-1-10(2-4-11)5-6-13-18-7-8-19-13;2*14-11(13(15)16)7-9-1-3-10(4-2-9)19-8-12-17-5-6-18-12;14-11(13(15)16)7-9-1-3-10(4-2-9)8-12-17-5-6-18-12;/h5-8,14-15H,1-4,9-11,17H2,(H,18,19);4-7,13-14H,1-3,8-10,16H2,(H,17,18);1-4,12-13H,5-9,15H2,(H,16,17);2*1-4,11-12H,5-8,14H2,(H,15,16);1-4,11-12H,5-8,14H2,(H,15,16);1H4. The van der Waals surface area contributed by atoms with Crippen molar-refractivity contribution in [2.24, 2.45) is 34.4 Å². The fourth-order valence-electron chi connectivity index (χ4n) is 12.0. The van der Waals surface area contributed by atoms with Crippen LogP contribution in [0.1, 0.15) is 102 Å². The molecular weight excluding hydrogens is 1540 g/mol. The minimum atomic E-state index is -1.00. The number of hydrogen-bond donors (Lipinski definition) is 12. The number of hydrogen-bond acceptors (Lipinski definition) is 26. The number of thioether (sulfide) groups is 1. The average Bonchev–Trinajstić information content (AvgIpc) is 1.88. The third-order valence-electron chi connectivity index (χ3n) is 18.6. The van der Waals surface area contributed by atoms with Crippen molar-refractivity contribution in [3.8, 4) is 5.75 Å². The summed E-state index contributed by atoms with van der Waals surface area (Å²) in [5, 5.41) is 52.5. The van der Waals surface area contributed by atoms with Gasteiger partial charge in [0.15, 0.2) is 37.7 Å². The van der Waals surface area contributed by atoms with Crippen LogP contribution >= 0.6 is 11.8 Å². The van der Waals surface area contributed by atoms with Crippen molar-refractivity contribution in [1.29, 1.82) is 0 Å². The molecule has 12 rings (SSSR count). The minimum Gasteiger partial charge on any atom is -0.488 e. The minimum absolute atomic E-state index is 0. The van der Waals surface area contributed by atoms with E-state index < -0.39 is 72.1 Å². The average molecular weight is 1660 g/mol. The predicted molar refractivity (Wildman–Crippen MR) is 434 cm³/mol. The number of nitrogens with two attached hydrogens (primary N) is 6. The lowest BCUT2D eigenvalue weighted by molar-refractivity contribution is -0.139. The van der Waals surface area contributed by atoms with Gasteiger partial charge in [-0.2, -0.15) is 0 Å². The highest BCUT2D eigenvalue weighted by Crippen LogP contribution is 2.24. The summed E-state index contributed by atoms with van der Waals surface area (Å²) >= 11 is 1.65. The Morgan fingerprint density at radius 2 is 0.547 bits per heavy atom. The third-order valence-corrected chi connectivity index (χ3v) is 19.7. The molecule has 6 saturated heterocycles. The fraction of sp³-hybridized carbons (Fsp3) is 0.506. The molecule has 32 heteroatoms. The largest absolute Gasteiger partial charge is 0.488 e. The molecular formula is C85H118N6O25S. The Kier molecular flexibility index (Phi) is 45.5. The van der Waals surface area contributed by atoms with Crippen LogP contribution in [0.25, 0.3) is 0 Å². The molecule has 0 spiro atoms. The van der Waals surface area contributed by atoms with Gasteiger partial charge in [0.25, 0.3) is 0 Å². The van der Waals surface area contributed by atoms with E-state index in [0.717, 1.165) is 107 Å². The van der Waals surface area contributed by atoms with Crippen molar-refractivity contribution in [2.45, 2.75) is 189 Å². The molecule has 6 aromatic carbocycles. The summed E-state index contributed by atoms with van der Waals surface area (Å²) in [6, 6.07) is 41.3. The van der Waals surface area contributed by atoms with Crippen LogP contribution in [0.15, 0.2) is 150 Å². The highest BCUT2D eigenvalue weighted by Gasteiger charge is 2.24. The van der Waals surface area contributed by atoms with E-state index in [-0.39, 0.29) is 45.2 Å². The first-order chi connectivity index (χ1) is 55.9. The van der Waals surface area contributed by atoms with Crippen LogP contribution in [0.4, 0.5) is 0 Å². The van der Waals surface area contributed by atoms with Gasteiger partial charge in [0.1, 0.15) is 48.6 Å². The molecule has 0 radical (unpaired) electrons. The van der Waals surface area contributed by atoms with E-state index in [1.807, 2.05) is 121 Å². The van der Waals surface area contributed by atoms with E-state index in [1.54, 1.807) is 36.0 Å². The number of carbonyl (C=O) groups is 6. The Hall–Kier alpha value is -8.43. The molecule has 6 heterocycles. The fourth-order valence-corrected chi connectivity index (χ4v) is 12.9. The second-order valence-corrected chi connectivity index (χ2v) is 29.1. The zero-order chi connectivity index (χ0) is 83.4. The van der Waals surface area contributed by atoms with Crippen LogP contribution in [0.3, 0.4) is 0 Å². The van der Waals surface area contributed by atoms with Crippen molar-refractivity contribution in [3.63, 3.8) is 0 Å². The molecule has 6 unspecified atom stereocenters. The molecule has 6 aromatic rings. The number of rotatable bonds is 38. The second kappa shape index (κ2) is 54.6. The normalized spacial score (nSPS) is 17.2. The van der Waals surface area contributed by atoms with Crippen LogP contribution in [0.5, 0.6) is 5.75 Å². The highest BCUT2D eigenvalue weighted by molar-refractivity contribution is 7.99. The Labute approximate surface area is 687 Å². The van der Waals surface area contributed by atoms with E-state index >= 15 is 0 Å². The smallest absolute Gasteiger partial charge is 0.320 e. The van der Waals surface area contributed by atoms with Crippen molar-refractivity contribution in [2.75, 3.05) is 91.6 Å². The summed E-state index contributed by atoms with van der Waals surface area (Å²) in [5.74, 6) is -4.42. The Morgan fingerprint density at radius 1 is 0.299 bits per heavy atom. The van der Waals surface area contributed by atoms with Crippen LogP contribution in [-0.4, -0.2) is 232 Å². The topological polar surface area (TPSA) is 500 Å². The van der Waals surface area contributed by atoms with Gasteiger partial charge in [-0.25, -0.2) is 0 Å². The first-order valence-corrected chi connectivity index (χ1v) is 39.9. The van der Waals surface area contributed by atoms with Crippen molar-refractivity contribution in [1.82, 2.24) is 0 Å². The summed E-state index contributed by atoms with van der Waals surface area (Å²) < 4.78 is 69.7. The van der Waals surface area contributed by atoms with E-state index in [0.29, 0.717) is 137 Å². The number of carboxylic acids is 6. The van der Waals surface area contributed by atoms with Crippen LogP contribution in [0, 0.1) is 0 Å². The second-order valence-electron chi connectivity index (χ2n) is 28.0. The molecule has 117 heavy (non-hydrogen) atoms. The maximum atomic E-state index is 10.7. The molecule has 0 amide bonds. The van der Waals surface area contributed by atoms with Gasteiger partial charge in [0.05, 0.1) is 79.3 Å². The Morgan fingerprint density at radius 3 is 0.880 bits per heavy atom. The molecule has 18 N–H and O–H groups in total. The number of carboxylic acid groups (broad SMARTS) is 6. The molecule has 31 nitrogen and oxygen atoms in total. The summed E-state index contributed by atoms with van der Waals surface area (Å²) in [7, 11) is 0. The van der Waals surface area contributed by atoms with Crippen molar-refractivity contribution < 1.29 is 121 Å². The monoisotopic (exact) mass is 1650 g/mol. The van der Waals surface area contributed by atoms with Crippen LogP contribution in [-0.2, 0) is 150 Å². The SMILES string of the molecule is C.NC(Cc1ccc(CC2OCCO2)cc1)C(=O)O.NC(Cc1ccc(CCC2OCCO2)cc1)C(=O)O.NC(Cc1ccc(CCCC2OCCO2)cc1)C(=O)O.NC(Cc1ccc(CCCCC2OCCO2)cc1)C(=O)O.NC(Cc1ccc(OCC2OCCO2)cc1)C(=O)O.NC(Cc1ccc(SCC2OCCO2)cc1)C(=O)O. The number of unbranched alkanes of at least 4 members (excludes halogenated alkanes) is 1. The van der Waals surface area contributed by atoms with E-state index in [9.17, 15) is 28.8 Å². The van der Waals surface area contributed by atoms with Crippen molar-refractivity contribution in [3.05, 3.63) is 201 Å². The van der Waals surface area contributed by atoms with Gasteiger partial charge in [0, 0.05) is 23.5 Å². The van der Waals surface area contributed by atoms with E-state index in [4.69, 9.17) is 127 Å². The number of aryl methyl sites for hydroxylation is 3. The van der Waals surface area contributed by atoms with Crippen LogP contribution in [0.2, 0.25) is 0 Å². The molecule has 0 aliphatic carbocycles. The van der Waals surface area contributed by atoms with Gasteiger partial charge in [-0.05, 0) is 170 Å². The molecule has 6 atom stereocenters. The molecule has 6 aliphatic rings. The first kappa shape index (κ1) is 97.4. The van der Waals surface area contributed by atoms with E-state index in [1.165, 1.54) is 16.7 Å². The summed E-state index contributed by atoms with van der Waals surface area (Å²) in [4.78, 5) is 65.1. The predicted octanol–water partition coefficient (Wildman–Crippen LogP) is 6.70. The van der Waals surface area contributed by atoms with Crippen molar-refractivity contribution >= 4 is 47.6 Å². The summed E-state index contributed by atoms with van der Waals surface area (Å²) in [5.41, 5.74) is 43.3. The maximum Gasteiger partial charge on any atom is 0.320 e. The lowest BCUT2D eigenvalue weighted by Crippen LogP contribution is -2.32. The molecule has 6 aliphatic heterocycles. The molecule has 6 fully saturated rings. The summed E-state index contributed by atoms with van der Waals surface area (Å²) in [6.45, 7) is 8.34. The molecule has 0 bridgehead atoms. The highest BCUT2D eigenvalue weighted by atomic mass is 32.2. The van der Waals surface area contributed by atoms with Gasteiger partial charge in [-0.15, -0.1) is 11.8 Å². The molecule has 0 saturated carbocycles. The lowest BCUT2D eigenvalue weighted by Gasteiger charge is -2.12. The number of ether oxygens (including phenoxy) is 13. The van der Waals surface area contributed by atoms with Gasteiger partial charge in [-0.3, -0.25) is 28.8 Å². The summed E-state index contributed by atoms with van der Waals surface area (Å²) in [6.07, 6.45) is 10.8. The lowest BCUT2D eigenvalue weighted by atomic mass is 10.0. The Balaban J connectivity index is 0.000000218. The molecule has 0 aromatic heterocycles. The molecule has 644 valence electrons. The zero-order valence-corrected chi connectivity index (χ0v) is 66.1. The first-order valence-electron chi connectivity index (χ1n) is 38.9. The van der Waals surface area contributed by atoms with Crippen LogP contribution < -0.4 is 39.1 Å².